The summed E-state index contributed by atoms with van der Waals surface area (Å²) in [4.78, 5) is 32.7. The Morgan fingerprint density at radius 2 is 1.77 bits per heavy atom. The lowest BCUT2D eigenvalue weighted by Gasteiger charge is -2.26. The monoisotopic (exact) mass is 542 g/mol. The number of phenols is 1. The maximum Gasteiger partial charge on any atom is 0.338 e. The summed E-state index contributed by atoms with van der Waals surface area (Å²) in [6, 6.07) is 20.8. The molecule has 1 aromatic heterocycles. The molecule has 0 spiro atoms. The van der Waals surface area contributed by atoms with Gasteiger partial charge in [-0.2, -0.15) is 0 Å². The molecule has 0 unspecified atom stereocenters. The molecular formula is C30H26N2O6S. The highest BCUT2D eigenvalue weighted by Crippen LogP contribution is 2.36. The van der Waals surface area contributed by atoms with E-state index in [-0.39, 0.29) is 23.5 Å². The van der Waals surface area contributed by atoms with Gasteiger partial charge in [-0.1, -0.05) is 65.9 Å². The number of carbonyl (C=O) groups is 1. The number of nitrogens with zero attached hydrogens (tertiary/aromatic N) is 2. The topological polar surface area (TPSA) is 99.4 Å². The SMILES string of the molecule is CCOC(=O)C1=C(c2ccccc2)N=c2s/c(=C\c3cccc(OC)c3O)c(=O)n2[C@H]1c1ccc(OC)cc1. The van der Waals surface area contributed by atoms with Crippen LogP contribution in [-0.4, -0.2) is 36.5 Å². The van der Waals surface area contributed by atoms with Crippen LogP contribution in [0.25, 0.3) is 11.8 Å². The van der Waals surface area contributed by atoms with Crippen LogP contribution in [0.5, 0.6) is 17.2 Å². The molecule has 0 saturated carbocycles. The van der Waals surface area contributed by atoms with Gasteiger partial charge in [0.25, 0.3) is 5.56 Å². The summed E-state index contributed by atoms with van der Waals surface area (Å²) in [7, 11) is 3.03. The average molecular weight is 543 g/mol. The number of aromatic nitrogens is 1. The second-order valence-corrected chi connectivity index (χ2v) is 9.61. The zero-order valence-electron chi connectivity index (χ0n) is 21.6. The van der Waals surface area contributed by atoms with Crippen LogP contribution in [0.15, 0.2) is 88.2 Å². The first kappa shape index (κ1) is 26.0. The van der Waals surface area contributed by atoms with Crippen molar-refractivity contribution in [2.24, 2.45) is 4.99 Å². The number of rotatable bonds is 7. The molecule has 1 aliphatic rings. The number of esters is 1. The molecule has 9 heteroatoms. The number of ether oxygens (including phenoxy) is 3. The zero-order valence-corrected chi connectivity index (χ0v) is 22.4. The molecule has 0 aliphatic carbocycles. The first-order valence-electron chi connectivity index (χ1n) is 12.2. The number of phenolic OH excluding ortho intramolecular Hbond substituents is 1. The molecule has 1 N–H and O–H groups in total. The molecule has 5 rings (SSSR count). The number of carbonyl (C=O) groups excluding carboxylic acids is 1. The van der Waals surface area contributed by atoms with E-state index in [0.29, 0.717) is 37.7 Å². The van der Waals surface area contributed by atoms with Crippen LogP contribution in [0, 0.1) is 0 Å². The molecule has 4 aromatic rings. The third kappa shape index (κ3) is 4.84. The van der Waals surface area contributed by atoms with Crippen molar-refractivity contribution < 1.29 is 24.1 Å². The Kier molecular flexibility index (Phi) is 7.33. The summed E-state index contributed by atoms with van der Waals surface area (Å²) >= 11 is 1.18. The Bertz CT molecular complexity index is 1740. The molecule has 0 radical (unpaired) electrons. The number of fused-ring (bicyclic) bond motifs is 1. The number of thiazole rings is 1. The number of benzene rings is 3. The van der Waals surface area contributed by atoms with Crippen molar-refractivity contribution in [1.29, 1.82) is 0 Å². The maximum atomic E-state index is 13.9. The zero-order chi connectivity index (χ0) is 27.5. The van der Waals surface area contributed by atoms with E-state index in [1.165, 1.54) is 23.0 Å². The van der Waals surface area contributed by atoms with Crippen molar-refractivity contribution in [1.82, 2.24) is 4.57 Å². The number of aromatic hydroxyl groups is 1. The van der Waals surface area contributed by atoms with Crippen molar-refractivity contribution in [2.45, 2.75) is 13.0 Å². The van der Waals surface area contributed by atoms with Crippen LogP contribution >= 0.6 is 11.3 Å². The fourth-order valence-corrected chi connectivity index (χ4v) is 5.50. The molecule has 0 amide bonds. The summed E-state index contributed by atoms with van der Waals surface area (Å²) in [5, 5.41) is 10.6. The van der Waals surface area contributed by atoms with Crippen LogP contribution in [0.2, 0.25) is 0 Å². The van der Waals surface area contributed by atoms with Crippen molar-refractivity contribution in [3.8, 4) is 17.2 Å². The summed E-state index contributed by atoms with van der Waals surface area (Å²) in [5.41, 5.74) is 2.19. The van der Waals surface area contributed by atoms with Crippen LogP contribution in [0.3, 0.4) is 0 Å². The van der Waals surface area contributed by atoms with Gasteiger partial charge in [-0.25, -0.2) is 9.79 Å². The summed E-state index contributed by atoms with van der Waals surface area (Å²) in [5.74, 6) is 0.309. The lowest BCUT2D eigenvalue weighted by atomic mass is 9.93. The van der Waals surface area contributed by atoms with Gasteiger partial charge in [-0.3, -0.25) is 9.36 Å². The Morgan fingerprint density at radius 3 is 2.44 bits per heavy atom. The van der Waals surface area contributed by atoms with Crippen LogP contribution in [0.4, 0.5) is 0 Å². The van der Waals surface area contributed by atoms with Crippen molar-refractivity contribution >= 4 is 29.1 Å². The lowest BCUT2D eigenvalue weighted by Crippen LogP contribution is -2.40. The molecular weight excluding hydrogens is 516 g/mol. The van der Waals surface area contributed by atoms with Crippen molar-refractivity contribution in [3.05, 3.63) is 115 Å². The van der Waals surface area contributed by atoms with Gasteiger partial charge in [-0.05, 0) is 36.8 Å². The number of hydrogen-bond donors (Lipinski definition) is 1. The van der Waals surface area contributed by atoms with Gasteiger partial charge < -0.3 is 19.3 Å². The highest BCUT2D eigenvalue weighted by Gasteiger charge is 2.35. The van der Waals surface area contributed by atoms with Gasteiger partial charge in [0.15, 0.2) is 16.3 Å². The quantitative estimate of drug-likeness (QED) is 0.358. The molecule has 198 valence electrons. The van der Waals surface area contributed by atoms with Gasteiger partial charge in [0.2, 0.25) is 0 Å². The highest BCUT2D eigenvalue weighted by atomic mass is 32.1. The largest absolute Gasteiger partial charge is 0.504 e. The molecule has 0 saturated heterocycles. The maximum absolute atomic E-state index is 13.9. The van der Waals surface area contributed by atoms with Crippen LogP contribution in [-0.2, 0) is 9.53 Å². The Balaban J connectivity index is 1.82. The predicted octanol–water partition coefficient (Wildman–Crippen LogP) is 3.66. The number of hydrogen-bond acceptors (Lipinski definition) is 8. The molecule has 1 atom stereocenters. The summed E-state index contributed by atoms with van der Waals surface area (Å²) in [6.45, 7) is 1.90. The van der Waals surface area contributed by atoms with E-state index in [1.807, 2.05) is 42.5 Å². The molecule has 39 heavy (non-hydrogen) atoms. The minimum absolute atomic E-state index is 0.0743. The van der Waals surface area contributed by atoms with E-state index in [0.717, 1.165) is 5.56 Å². The highest BCUT2D eigenvalue weighted by molar-refractivity contribution is 7.07. The fourth-order valence-electron chi connectivity index (χ4n) is 4.50. The van der Waals surface area contributed by atoms with Gasteiger partial charge >= 0.3 is 5.97 Å². The third-order valence-corrected chi connectivity index (χ3v) is 7.32. The third-order valence-electron chi connectivity index (χ3n) is 6.34. The van der Waals surface area contributed by atoms with Gasteiger partial charge in [0.1, 0.15) is 5.75 Å². The van der Waals surface area contributed by atoms with Crippen LogP contribution < -0.4 is 24.4 Å². The van der Waals surface area contributed by atoms with Crippen molar-refractivity contribution in [3.63, 3.8) is 0 Å². The minimum atomic E-state index is -0.803. The molecule has 1 aliphatic heterocycles. The predicted molar refractivity (Wildman–Crippen MR) is 149 cm³/mol. The summed E-state index contributed by atoms with van der Waals surface area (Å²) < 4.78 is 17.9. The van der Waals surface area contributed by atoms with Gasteiger partial charge in [0.05, 0.1) is 42.7 Å². The Morgan fingerprint density at radius 1 is 1.03 bits per heavy atom. The summed E-state index contributed by atoms with van der Waals surface area (Å²) in [6.07, 6.45) is 1.60. The normalized spacial score (nSPS) is 14.9. The smallest absolute Gasteiger partial charge is 0.338 e. The second kappa shape index (κ2) is 11.0. The van der Waals surface area contributed by atoms with Crippen LogP contribution in [0.1, 0.15) is 29.7 Å². The minimum Gasteiger partial charge on any atom is -0.504 e. The van der Waals surface area contributed by atoms with E-state index in [1.54, 1.807) is 50.4 Å². The van der Waals surface area contributed by atoms with E-state index in [2.05, 4.69) is 0 Å². The molecule has 0 bridgehead atoms. The average Bonchev–Trinajstić information content (AvgIpc) is 3.28. The second-order valence-electron chi connectivity index (χ2n) is 8.60. The number of methoxy groups -OCH3 is 2. The van der Waals surface area contributed by atoms with Crippen molar-refractivity contribution in [2.75, 3.05) is 20.8 Å². The standard InChI is InChI=1S/C30H26N2O6S/c1-4-38-29(35)24-25(18-9-6-5-7-10-18)31-30-32(26(24)19-13-15-21(36-2)16-14-19)28(34)23(39-30)17-20-11-8-12-22(37-3)27(20)33/h5-17,26,33H,4H2,1-3H3/b23-17-/t26-/m0/s1. The fraction of sp³-hybridized carbons (Fsp3) is 0.167. The molecule has 3 aromatic carbocycles. The lowest BCUT2D eigenvalue weighted by molar-refractivity contribution is -0.138. The van der Waals surface area contributed by atoms with Gasteiger partial charge in [-0.15, -0.1) is 0 Å². The van der Waals surface area contributed by atoms with Gasteiger partial charge in [0, 0.05) is 11.1 Å². The number of para-hydroxylation sites is 1. The first-order valence-corrected chi connectivity index (χ1v) is 13.1. The van der Waals surface area contributed by atoms with E-state index < -0.39 is 12.0 Å². The molecule has 2 heterocycles. The molecule has 0 fully saturated rings. The molecule has 8 nitrogen and oxygen atoms in total. The Hall–Kier alpha value is -4.63. The van der Waals surface area contributed by atoms with E-state index in [4.69, 9.17) is 19.2 Å². The van der Waals surface area contributed by atoms with E-state index >= 15 is 0 Å². The van der Waals surface area contributed by atoms with E-state index in [9.17, 15) is 14.7 Å². The Labute approximate surface area is 228 Å². The first-order chi connectivity index (χ1) is 19.0.